The summed E-state index contributed by atoms with van der Waals surface area (Å²) in [6.45, 7) is 0. The topological polar surface area (TPSA) is 29.5 Å². The van der Waals surface area contributed by atoms with Gasteiger partial charge < -0.3 is 4.74 Å². The fraction of sp³-hybridized carbons (Fsp3) is 0.0500. The summed E-state index contributed by atoms with van der Waals surface area (Å²) < 4.78 is 5.21. The van der Waals surface area contributed by atoms with Gasteiger partial charge >= 0.3 is 0 Å². The molecule has 0 bridgehead atoms. The molecule has 0 unspecified atom stereocenters. The van der Waals surface area contributed by atoms with Gasteiger partial charge in [0, 0.05) is 16.7 Å². The first-order valence-corrected chi connectivity index (χ1v) is 8.49. The van der Waals surface area contributed by atoms with E-state index in [1.807, 2.05) is 47.9 Å². The zero-order chi connectivity index (χ0) is 16.5. The minimum atomic E-state index is -0.0540. The van der Waals surface area contributed by atoms with Crippen molar-refractivity contribution >= 4 is 39.8 Å². The summed E-state index contributed by atoms with van der Waals surface area (Å²) in [6.07, 6.45) is 1.61. The lowest BCUT2D eigenvalue weighted by Crippen LogP contribution is -2.23. The van der Waals surface area contributed by atoms with Crippen molar-refractivity contribution in [3.8, 4) is 5.75 Å². The number of anilines is 2. The van der Waals surface area contributed by atoms with Crippen LogP contribution in [0.1, 0.15) is 0 Å². The van der Waals surface area contributed by atoms with Gasteiger partial charge in [0.05, 0.1) is 12.8 Å². The molecule has 0 spiro atoms. The van der Waals surface area contributed by atoms with Crippen LogP contribution >= 0.6 is 11.8 Å². The highest BCUT2D eigenvalue weighted by Crippen LogP contribution is 2.42. The predicted octanol–water partition coefficient (Wildman–Crippen LogP) is 5.13. The first-order chi connectivity index (χ1) is 11.8. The van der Waals surface area contributed by atoms with Gasteiger partial charge in [0.25, 0.3) is 5.91 Å². The number of fused-ring (bicyclic) bond motifs is 3. The highest BCUT2D eigenvalue weighted by atomic mass is 32.2. The SMILES string of the molecule is COc1ccc(N2C(=O)C=CSc3c2ccc2ccccc32)cc1. The van der Waals surface area contributed by atoms with Gasteiger partial charge in [0.2, 0.25) is 0 Å². The fourth-order valence-corrected chi connectivity index (χ4v) is 3.80. The Morgan fingerprint density at radius 2 is 1.75 bits per heavy atom. The maximum atomic E-state index is 12.7. The number of nitrogens with zero attached hydrogens (tertiary/aromatic N) is 1. The zero-order valence-electron chi connectivity index (χ0n) is 13.1. The van der Waals surface area contributed by atoms with Crippen molar-refractivity contribution in [1.82, 2.24) is 0 Å². The van der Waals surface area contributed by atoms with Crippen LogP contribution < -0.4 is 9.64 Å². The normalized spacial score (nSPS) is 13.7. The van der Waals surface area contributed by atoms with E-state index in [2.05, 4.69) is 18.2 Å². The van der Waals surface area contributed by atoms with Crippen LogP contribution in [-0.4, -0.2) is 13.0 Å². The van der Waals surface area contributed by atoms with Gasteiger partial charge in [-0.05, 0) is 46.5 Å². The monoisotopic (exact) mass is 333 g/mol. The summed E-state index contributed by atoms with van der Waals surface area (Å²) in [7, 11) is 1.63. The number of carbonyl (C=O) groups is 1. The van der Waals surface area contributed by atoms with Crippen molar-refractivity contribution in [2.75, 3.05) is 12.0 Å². The van der Waals surface area contributed by atoms with E-state index in [9.17, 15) is 4.79 Å². The van der Waals surface area contributed by atoms with Crippen LogP contribution in [0.25, 0.3) is 10.8 Å². The van der Waals surface area contributed by atoms with Crippen LogP contribution in [0.2, 0.25) is 0 Å². The summed E-state index contributed by atoms with van der Waals surface area (Å²) in [6, 6.07) is 19.8. The van der Waals surface area contributed by atoms with E-state index in [4.69, 9.17) is 4.74 Å². The standard InChI is InChI=1S/C20H15NO2S/c1-23-16-9-7-15(8-10-16)21-18-11-6-14-4-2-3-5-17(14)20(18)24-13-12-19(21)22/h2-13H,1H3. The van der Waals surface area contributed by atoms with E-state index in [0.29, 0.717) is 0 Å². The molecule has 0 fully saturated rings. The molecule has 1 heterocycles. The Kier molecular flexibility index (Phi) is 3.75. The van der Waals surface area contributed by atoms with Crippen LogP contribution in [-0.2, 0) is 4.79 Å². The lowest BCUT2D eigenvalue weighted by atomic mass is 10.1. The molecule has 0 aliphatic carbocycles. The molecule has 0 atom stereocenters. The Morgan fingerprint density at radius 1 is 0.958 bits per heavy atom. The average molecular weight is 333 g/mol. The molecular formula is C20H15NO2S. The number of carbonyl (C=O) groups excluding carboxylic acids is 1. The lowest BCUT2D eigenvalue weighted by Gasteiger charge is -2.23. The number of benzene rings is 3. The molecule has 0 saturated heterocycles. The number of methoxy groups -OCH3 is 1. The average Bonchev–Trinajstić information content (AvgIpc) is 2.80. The molecule has 4 heteroatoms. The van der Waals surface area contributed by atoms with Crippen LogP contribution in [0, 0.1) is 0 Å². The van der Waals surface area contributed by atoms with E-state index >= 15 is 0 Å². The number of hydrogen-bond donors (Lipinski definition) is 0. The molecule has 1 aliphatic rings. The first-order valence-electron chi connectivity index (χ1n) is 7.61. The third-order valence-electron chi connectivity index (χ3n) is 4.05. The van der Waals surface area contributed by atoms with Crippen LogP contribution in [0.4, 0.5) is 11.4 Å². The van der Waals surface area contributed by atoms with E-state index in [0.717, 1.165) is 27.4 Å². The molecule has 3 aromatic carbocycles. The highest BCUT2D eigenvalue weighted by molar-refractivity contribution is 8.02. The second-order valence-corrected chi connectivity index (χ2v) is 6.34. The first kappa shape index (κ1) is 14.8. The smallest absolute Gasteiger partial charge is 0.256 e. The molecule has 1 amide bonds. The van der Waals surface area contributed by atoms with Gasteiger partial charge in [-0.2, -0.15) is 0 Å². The Morgan fingerprint density at radius 3 is 2.54 bits per heavy atom. The number of hydrogen-bond acceptors (Lipinski definition) is 3. The molecule has 24 heavy (non-hydrogen) atoms. The van der Waals surface area contributed by atoms with Crippen molar-refractivity contribution in [2.45, 2.75) is 4.90 Å². The number of ether oxygens (including phenoxy) is 1. The van der Waals surface area contributed by atoms with Crippen molar-refractivity contribution in [1.29, 1.82) is 0 Å². The van der Waals surface area contributed by atoms with Crippen LogP contribution in [0.15, 0.2) is 77.0 Å². The molecule has 0 N–H and O–H groups in total. The lowest BCUT2D eigenvalue weighted by molar-refractivity contribution is -0.113. The van der Waals surface area contributed by atoms with Crippen molar-refractivity contribution in [2.24, 2.45) is 0 Å². The number of thioether (sulfide) groups is 1. The van der Waals surface area contributed by atoms with Gasteiger partial charge in [0.15, 0.2) is 0 Å². The van der Waals surface area contributed by atoms with Gasteiger partial charge in [-0.25, -0.2) is 0 Å². The van der Waals surface area contributed by atoms with E-state index < -0.39 is 0 Å². The third-order valence-corrected chi connectivity index (χ3v) is 4.98. The molecule has 0 aromatic heterocycles. The second-order valence-electron chi connectivity index (χ2n) is 5.43. The third kappa shape index (κ3) is 2.45. The quantitative estimate of drug-likeness (QED) is 0.651. The summed E-state index contributed by atoms with van der Waals surface area (Å²) >= 11 is 1.58. The zero-order valence-corrected chi connectivity index (χ0v) is 13.9. The predicted molar refractivity (Wildman–Crippen MR) is 99.1 cm³/mol. The van der Waals surface area contributed by atoms with E-state index in [1.165, 1.54) is 5.39 Å². The minimum absolute atomic E-state index is 0.0540. The Labute approximate surface area is 144 Å². The fourth-order valence-electron chi connectivity index (χ4n) is 2.88. The van der Waals surface area contributed by atoms with Crippen LogP contribution in [0.5, 0.6) is 5.75 Å². The number of amides is 1. The molecule has 3 aromatic rings. The largest absolute Gasteiger partial charge is 0.497 e. The molecule has 4 rings (SSSR count). The molecule has 3 nitrogen and oxygen atoms in total. The van der Waals surface area contributed by atoms with Crippen molar-refractivity contribution in [3.63, 3.8) is 0 Å². The Hall–Kier alpha value is -2.72. The molecule has 118 valence electrons. The minimum Gasteiger partial charge on any atom is -0.497 e. The summed E-state index contributed by atoms with van der Waals surface area (Å²) in [5, 5.41) is 4.18. The van der Waals surface area contributed by atoms with Gasteiger partial charge in [0.1, 0.15) is 5.75 Å². The molecular weight excluding hydrogens is 318 g/mol. The summed E-state index contributed by atoms with van der Waals surface area (Å²) in [5.74, 6) is 0.714. The number of rotatable bonds is 2. The van der Waals surface area contributed by atoms with Gasteiger partial charge in [-0.1, -0.05) is 42.1 Å². The molecule has 0 radical (unpaired) electrons. The second kappa shape index (κ2) is 6.06. The van der Waals surface area contributed by atoms with Crippen molar-refractivity contribution in [3.05, 3.63) is 72.1 Å². The highest BCUT2D eigenvalue weighted by Gasteiger charge is 2.22. The Balaban J connectivity index is 1.92. The van der Waals surface area contributed by atoms with Crippen molar-refractivity contribution < 1.29 is 9.53 Å². The van der Waals surface area contributed by atoms with Gasteiger partial charge in [-0.3, -0.25) is 9.69 Å². The molecule has 1 aliphatic heterocycles. The maximum absolute atomic E-state index is 12.7. The summed E-state index contributed by atoms with van der Waals surface area (Å²) in [4.78, 5) is 15.5. The Bertz CT molecular complexity index is 948. The maximum Gasteiger partial charge on any atom is 0.256 e. The van der Waals surface area contributed by atoms with E-state index in [1.54, 1.807) is 29.8 Å². The summed E-state index contributed by atoms with van der Waals surface area (Å²) in [5.41, 5.74) is 1.73. The van der Waals surface area contributed by atoms with Gasteiger partial charge in [-0.15, -0.1) is 0 Å². The van der Waals surface area contributed by atoms with E-state index in [-0.39, 0.29) is 5.91 Å². The van der Waals surface area contributed by atoms with Crippen LogP contribution in [0.3, 0.4) is 0 Å². The molecule has 0 saturated carbocycles.